The van der Waals surface area contributed by atoms with E-state index < -0.39 is 11.8 Å². The SMILES string of the molecule is CC(=O)Nc1ccc(C=Cc2ccc(Cl)cc2)c(N2C(=O)c3ccccc3C2=O)c1. The van der Waals surface area contributed by atoms with Crippen LogP contribution in [0.4, 0.5) is 11.4 Å². The highest BCUT2D eigenvalue weighted by Gasteiger charge is 2.37. The minimum atomic E-state index is -0.392. The van der Waals surface area contributed by atoms with Gasteiger partial charge in [0.15, 0.2) is 0 Å². The molecule has 3 aromatic carbocycles. The van der Waals surface area contributed by atoms with Gasteiger partial charge in [0.25, 0.3) is 11.8 Å². The molecule has 30 heavy (non-hydrogen) atoms. The quantitative estimate of drug-likeness (QED) is 0.465. The molecule has 0 radical (unpaired) electrons. The van der Waals surface area contributed by atoms with Gasteiger partial charge in [-0.1, -0.05) is 54.1 Å². The Labute approximate surface area is 178 Å². The lowest BCUT2D eigenvalue weighted by atomic mass is 10.1. The average molecular weight is 417 g/mol. The normalized spacial score (nSPS) is 13.1. The zero-order chi connectivity index (χ0) is 21.3. The van der Waals surface area contributed by atoms with E-state index in [4.69, 9.17) is 11.6 Å². The summed E-state index contributed by atoms with van der Waals surface area (Å²) in [7, 11) is 0. The Morgan fingerprint density at radius 1 is 0.900 bits per heavy atom. The lowest BCUT2D eigenvalue weighted by Crippen LogP contribution is -2.30. The number of hydrogen-bond donors (Lipinski definition) is 1. The van der Waals surface area contributed by atoms with Crippen molar-refractivity contribution in [2.45, 2.75) is 6.92 Å². The minimum absolute atomic E-state index is 0.243. The number of imide groups is 1. The van der Waals surface area contributed by atoms with Crippen molar-refractivity contribution in [3.63, 3.8) is 0 Å². The molecule has 0 unspecified atom stereocenters. The molecule has 0 spiro atoms. The Balaban J connectivity index is 1.78. The molecule has 0 bridgehead atoms. The lowest BCUT2D eigenvalue weighted by molar-refractivity contribution is -0.114. The number of anilines is 2. The summed E-state index contributed by atoms with van der Waals surface area (Å²) in [5.41, 5.74) is 3.20. The molecule has 148 valence electrons. The molecule has 1 heterocycles. The number of rotatable bonds is 4. The second-order valence-electron chi connectivity index (χ2n) is 6.83. The van der Waals surface area contributed by atoms with E-state index in [9.17, 15) is 14.4 Å². The highest BCUT2D eigenvalue weighted by molar-refractivity contribution is 6.35. The summed E-state index contributed by atoms with van der Waals surface area (Å²) in [4.78, 5) is 38.6. The molecule has 3 aromatic rings. The van der Waals surface area contributed by atoms with Gasteiger partial charge in [-0.05, 0) is 47.5 Å². The van der Waals surface area contributed by atoms with Gasteiger partial charge in [0.05, 0.1) is 16.8 Å². The van der Waals surface area contributed by atoms with Crippen molar-refractivity contribution < 1.29 is 14.4 Å². The van der Waals surface area contributed by atoms with Gasteiger partial charge in [0.2, 0.25) is 5.91 Å². The van der Waals surface area contributed by atoms with Crippen molar-refractivity contribution in [2.75, 3.05) is 10.2 Å². The van der Waals surface area contributed by atoms with Gasteiger partial charge in [-0.2, -0.15) is 0 Å². The molecule has 0 saturated carbocycles. The van der Waals surface area contributed by atoms with Crippen molar-refractivity contribution in [3.05, 3.63) is 94.0 Å². The van der Waals surface area contributed by atoms with E-state index in [1.54, 1.807) is 54.6 Å². The average Bonchev–Trinajstić information content (AvgIpc) is 2.98. The maximum absolute atomic E-state index is 13.0. The van der Waals surface area contributed by atoms with E-state index >= 15 is 0 Å². The Morgan fingerprint density at radius 2 is 1.53 bits per heavy atom. The lowest BCUT2D eigenvalue weighted by Gasteiger charge is -2.18. The standard InChI is InChI=1S/C24H17ClN2O3/c1-15(28)26-19-13-10-17(9-6-16-7-11-18(25)12-8-16)22(14-19)27-23(29)20-4-2-3-5-21(20)24(27)30/h2-14H,1H3,(H,26,28). The van der Waals surface area contributed by atoms with Crippen LogP contribution in [0.15, 0.2) is 66.7 Å². The maximum Gasteiger partial charge on any atom is 0.266 e. The molecule has 6 heteroatoms. The third kappa shape index (κ3) is 3.75. The van der Waals surface area contributed by atoms with Crippen LogP contribution in [-0.2, 0) is 4.79 Å². The molecule has 5 nitrogen and oxygen atoms in total. The molecule has 3 amide bonds. The Morgan fingerprint density at radius 3 is 2.13 bits per heavy atom. The maximum atomic E-state index is 13.0. The molecule has 4 rings (SSSR count). The fourth-order valence-electron chi connectivity index (χ4n) is 3.33. The number of carbonyl (C=O) groups excluding carboxylic acids is 3. The van der Waals surface area contributed by atoms with Crippen LogP contribution < -0.4 is 10.2 Å². The number of halogens is 1. The van der Waals surface area contributed by atoms with Gasteiger partial charge in [0, 0.05) is 17.6 Å². The molecular weight excluding hydrogens is 400 g/mol. The van der Waals surface area contributed by atoms with E-state index in [-0.39, 0.29) is 5.91 Å². The number of hydrogen-bond acceptors (Lipinski definition) is 3. The number of nitrogens with zero attached hydrogens (tertiary/aromatic N) is 1. The van der Waals surface area contributed by atoms with E-state index in [1.165, 1.54) is 6.92 Å². The van der Waals surface area contributed by atoms with E-state index in [2.05, 4.69) is 5.32 Å². The number of benzene rings is 3. The van der Waals surface area contributed by atoms with Crippen LogP contribution in [0.2, 0.25) is 5.02 Å². The van der Waals surface area contributed by atoms with Gasteiger partial charge in [-0.3, -0.25) is 14.4 Å². The van der Waals surface area contributed by atoms with Crippen LogP contribution in [0, 0.1) is 0 Å². The third-order valence-corrected chi connectivity index (χ3v) is 4.96. The van der Waals surface area contributed by atoms with Crippen LogP contribution in [0.5, 0.6) is 0 Å². The molecule has 1 aliphatic rings. The molecule has 0 atom stereocenters. The summed E-state index contributed by atoms with van der Waals surface area (Å²) in [5.74, 6) is -1.03. The van der Waals surface area contributed by atoms with Gasteiger partial charge in [-0.25, -0.2) is 4.90 Å². The first-order chi connectivity index (χ1) is 14.4. The Hall–Kier alpha value is -3.70. The van der Waals surface area contributed by atoms with Gasteiger partial charge in [0.1, 0.15) is 0 Å². The summed E-state index contributed by atoms with van der Waals surface area (Å²) >= 11 is 5.94. The Bertz CT molecular complexity index is 1160. The predicted octanol–water partition coefficient (Wildman–Crippen LogP) is 5.27. The van der Waals surface area contributed by atoms with Gasteiger partial charge in [-0.15, -0.1) is 0 Å². The molecule has 0 fully saturated rings. The van der Waals surface area contributed by atoms with E-state index in [1.807, 2.05) is 24.3 Å². The fourth-order valence-corrected chi connectivity index (χ4v) is 3.45. The predicted molar refractivity (Wildman–Crippen MR) is 119 cm³/mol. The van der Waals surface area contributed by atoms with E-state index in [0.717, 1.165) is 10.5 Å². The first-order valence-electron chi connectivity index (χ1n) is 9.27. The van der Waals surface area contributed by atoms with Crippen LogP contribution in [0.3, 0.4) is 0 Å². The molecule has 0 aromatic heterocycles. The van der Waals surface area contributed by atoms with E-state index in [0.29, 0.717) is 33.1 Å². The second-order valence-corrected chi connectivity index (χ2v) is 7.27. The number of carbonyl (C=O) groups is 3. The molecule has 1 aliphatic heterocycles. The van der Waals surface area contributed by atoms with Crippen LogP contribution in [0.25, 0.3) is 12.2 Å². The van der Waals surface area contributed by atoms with Crippen LogP contribution in [0.1, 0.15) is 38.8 Å². The fraction of sp³-hybridized carbons (Fsp3) is 0.0417. The van der Waals surface area contributed by atoms with Crippen LogP contribution in [-0.4, -0.2) is 17.7 Å². The van der Waals surface area contributed by atoms with Crippen molar-refractivity contribution in [1.29, 1.82) is 0 Å². The zero-order valence-electron chi connectivity index (χ0n) is 16.1. The highest BCUT2D eigenvalue weighted by atomic mass is 35.5. The highest BCUT2D eigenvalue weighted by Crippen LogP contribution is 2.33. The summed E-state index contributed by atoms with van der Waals surface area (Å²) in [6.45, 7) is 1.40. The summed E-state index contributed by atoms with van der Waals surface area (Å²) in [6.07, 6.45) is 3.69. The van der Waals surface area contributed by atoms with Crippen molar-refractivity contribution >= 4 is 52.8 Å². The topological polar surface area (TPSA) is 66.5 Å². The third-order valence-electron chi connectivity index (χ3n) is 4.71. The van der Waals surface area contributed by atoms with Gasteiger partial charge < -0.3 is 5.32 Å². The van der Waals surface area contributed by atoms with Crippen molar-refractivity contribution in [1.82, 2.24) is 0 Å². The van der Waals surface area contributed by atoms with Gasteiger partial charge >= 0.3 is 0 Å². The second kappa shape index (κ2) is 7.97. The molecule has 1 N–H and O–H groups in total. The number of fused-ring (bicyclic) bond motifs is 1. The van der Waals surface area contributed by atoms with Crippen LogP contribution >= 0.6 is 11.6 Å². The minimum Gasteiger partial charge on any atom is -0.326 e. The smallest absolute Gasteiger partial charge is 0.266 e. The van der Waals surface area contributed by atoms with Crippen molar-refractivity contribution in [3.8, 4) is 0 Å². The summed E-state index contributed by atoms with van der Waals surface area (Å²) < 4.78 is 0. The largest absolute Gasteiger partial charge is 0.326 e. The molecular formula is C24H17ClN2O3. The zero-order valence-corrected chi connectivity index (χ0v) is 16.8. The monoisotopic (exact) mass is 416 g/mol. The Kier molecular flexibility index (Phi) is 5.21. The summed E-state index contributed by atoms with van der Waals surface area (Å²) in [6, 6.07) is 19.1. The molecule has 0 saturated heterocycles. The number of nitrogens with one attached hydrogen (secondary N) is 1. The van der Waals surface area contributed by atoms with Crippen molar-refractivity contribution in [2.24, 2.45) is 0 Å². The first kappa shape index (κ1) is 19.6. The first-order valence-corrected chi connectivity index (χ1v) is 9.65. The molecule has 0 aliphatic carbocycles. The summed E-state index contributed by atoms with van der Waals surface area (Å²) in [5, 5.41) is 3.34. The number of amides is 3.